The van der Waals surface area contributed by atoms with E-state index < -0.39 is 80.1 Å². The zero-order valence-electron chi connectivity index (χ0n) is 47.6. The van der Waals surface area contributed by atoms with E-state index in [1.165, 1.54) is 48.5 Å². The molecule has 0 spiro atoms. The van der Waals surface area contributed by atoms with Crippen LogP contribution in [0, 0.1) is 58.2 Å². The first-order valence-corrected chi connectivity index (χ1v) is 28.7. The molecule has 2 aliphatic carbocycles. The van der Waals surface area contributed by atoms with Crippen molar-refractivity contribution in [3.63, 3.8) is 0 Å². The van der Waals surface area contributed by atoms with Gasteiger partial charge in [-0.25, -0.2) is 43.9 Å². The number of hydrogen-bond acceptors (Lipinski definition) is 3. The van der Waals surface area contributed by atoms with Crippen LogP contribution in [0.1, 0.15) is 55.6 Å². The second-order valence-electron chi connectivity index (χ2n) is 22.0. The number of anilines is 3. The highest BCUT2D eigenvalue weighted by Gasteiger charge is 2.53. The van der Waals surface area contributed by atoms with Gasteiger partial charge in [0.25, 0.3) is 0 Å². The Labute approximate surface area is 516 Å². The summed E-state index contributed by atoms with van der Waals surface area (Å²) < 4.78 is 177. The van der Waals surface area contributed by atoms with Crippen LogP contribution in [-0.2, 0) is 10.8 Å². The van der Waals surface area contributed by atoms with E-state index in [2.05, 4.69) is 13.2 Å². The van der Waals surface area contributed by atoms with Crippen molar-refractivity contribution in [2.24, 2.45) is 0 Å². The normalized spacial score (nSPS) is 15.1. The molecule has 0 bridgehead atoms. The summed E-state index contributed by atoms with van der Waals surface area (Å²) >= 11 is 0. The Bertz CT molecular complexity index is 4580. The van der Waals surface area contributed by atoms with Gasteiger partial charge in [-0.2, -0.15) is 0 Å². The Kier molecular flexibility index (Phi) is 14.2. The van der Waals surface area contributed by atoms with E-state index in [0.717, 1.165) is 22.3 Å². The van der Waals surface area contributed by atoms with E-state index in [0.29, 0.717) is 39.4 Å². The summed E-state index contributed by atoms with van der Waals surface area (Å²) in [5.41, 5.74) is -0.590. The molecule has 12 aromatic rings. The Morgan fingerprint density at radius 3 is 0.967 bits per heavy atom. The number of ether oxygens (including phenoxy) is 2. The van der Waals surface area contributed by atoms with Crippen LogP contribution >= 0.6 is 0 Å². The van der Waals surface area contributed by atoms with Gasteiger partial charge in [-0.3, -0.25) is 0 Å². The van der Waals surface area contributed by atoms with Crippen molar-refractivity contribution in [2.75, 3.05) is 4.90 Å². The zero-order chi connectivity index (χ0) is 63.0. The first-order valence-electron chi connectivity index (χ1n) is 28.7. The van der Waals surface area contributed by atoms with Crippen molar-refractivity contribution in [3.8, 4) is 56.4 Å². The molecule has 13 heteroatoms. The largest absolute Gasteiger partial charge is 0.457 e. The van der Waals surface area contributed by atoms with E-state index in [-0.39, 0.29) is 56.3 Å². The lowest BCUT2D eigenvalue weighted by molar-refractivity contribution is 0.363. The summed E-state index contributed by atoms with van der Waals surface area (Å²) in [5.74, 6) is -20.3. The summed E-state index contributed by atoms with van der Waals surface area (Å²) in [6.07, 6.45) is 3.32. The molecule has 0 aromatic heterocycles. The minimum Gasteiger partial charge on any atom is -0.457 e. The predicted molar refractivity (Wildman–Crippen MR) is 334 cm³/mol. The highest BCUT2D eigenvalue weighted by Crippen LogP contribution is 2.61. The number of rotatable bonds is 14. The van der Waals surface area contributed by atoms with Gasteiger partial charge < -0.3 is 14.4 Å². The Morgan fingerprint density at radius 2 is 0.593 bits per heavy atom. The third-order valence-electron chi connectivity index (χ3n) is 17.3. The third-order valence-corrected chi connectivity index (χ3v) is 17.3. The summed E-state index contributed by atoms with van der Waals surface area (Å²) in [7, 11) is 0. The highest BCUT2D eigenvalue weighted by molar-refractivity contribution is 5.93. The van der Waals surface area contributed by atoms with Gasteiger partial charge in [0, 0.05) is 28.2 Å². The van der Waals surface area contributed by atoms with Crippen molar-refractivity contribution in [3.05, 3.63) is 364 Å². The SMILES string of the molecule is C=Cc1ccc(Oc2ccc(C3(c4c(F)c(F)c(F)c(F)c4F)c4ccccc4-c4ccc(N(c5ccc(-c6ccccc6)cc5)c5ccc6c(c5)C(c5ccc(Oc7ccc(C=C)cc7)cc5)(c5c(F)c(F)c(F)c(F)c5F)c5ccccc5-6)cc43)cc2)cc1. The van der Waals surface area contributed by atoms with E-state index >= 15 is 43.9 Å². The smallest absolute Gasteiger partial charge is 0.200 e. The lowest BCUT2D eigenvalue weighted by Crippen LogP contribution is -2.33. The van der Waals surface area contributed by atoms with Crippen LogP contribution in [0.25, 0.3) is 45.5 Å². The average molecular weight is 1220 g/mol. The topological polar surface area (TPSA) is 21.7 Å². The van der Waals surface area contributed by atoms with Gasteiger partial charge in [0.15, 0.2) is 46.5 Å². The van der Waals surface area contributed by atoms with Gasteiger partial charge in [0.1, 0.15) is 23.0 Å². The average Bonchev–Trinajstić information content (AvgIpc) is 1.60. The van der Waals surface area contributed by atoms with Crippen LogP contribution in [0.15, 0.2) is 250 Å². The molecule has 0 saturated heterocycles. The maximum atomic E-state index is 17.3. The first kappa shape index (κ1) is 57.6. The fraction of sp³-hybridized carbons (Fsp3) is 0.0256. The predicted octanol–water partition coefficient (Wildman–Crippen LogP) is 21.8. The minimum atomic E-state index is -2.36. The quantitative estimate of drug-likeness (QED) is 0.0615. The molecule has 3 nitrogen and oxygen atoms in total. The molecular formula is C78H45F10NO2. The van der Waals surface area contributed by atoms with Crippen LogP contribution in [0.3, 0.4) is 0 Å². The molecule has 0 amide bonds. The van der Waals surface area contributed by atoms with Crippen LogP contribution in [-0.4, -0.2) is 0 Å². The number of hydrogen-bond donors (Lipinski definition) is 0. The minimum absolute atomic E-state index is 0.0806. The van der Waals surface area contributed by atoms with E-state index in [1.54, 1.807) is 163 Å². The van der Waals surface area contributed by atoms with Gasteiger partial charge in [-0.15, -0.1) is 0 Å². The fourth-order valence-corrected chi connectivity index (χ4v) is 13.2. The lowest BCUT2D eigenvalue weighted by atomic mass is 9.67. The molecule has 0 saturated carbocycles. The van der Waals surface area contributed by atoms with Gasteiger partial charge in [0.05, 0.1) is 10.8 Å². The Balaban J connectivity index is 1.02. The zero-order valence-corrected chi connectivity index (χ0v) is 47.6. The van der Waals surface area contributed by atoms with Crippen molar-refractivity contribution in [1.29, 1.82) is 0 Å². The van der Waals surface area contributed by atoms with Crippen molar-refractivity contribution in [2.45, 2.75) is 10.8 Å². The molecular weight excluding hydrogens is 1170 g/mol. The fourth-order valence-electron chi connectivity index (χ4n) is 13.2. The molecule has 2 aliphatic rings. The monoisotopic (exact) mass is 1220 g/mol. The molecule has 2 unspecified atom stereocenters. The van der Waals surface area contributed by atoms with Crippen LogP contribution < -0.4 is 14.4 Å². The summed E-state index contributed by atoms with van der Waals surface area (Å²) in [6, 6.07) is 65.8. The molecule has 0 fully saturated rings. The van der Waals surface area contributed by atoms with E-state index in [4.69, 9.17) is 9.47 Å². The number of nitrogens with zero attached hydrogens (tertiary/aromatic N) is 1. The summed E-state index contributed by atoms with van der Waals surface area (Å²) in [5, 5.41) is 0. The number of fused-ring (bicyclic) bond motifs is 6. The maximum Gasteiger partial charge on any atom is 0.200 e. The molecule has 2 atom stereocenters. The van der Waals surface area contributed by atoms with Crippen molar-refractivity contribution >= 4 is 29.2 Å². The molecule has 14 rings (SSSR count). The third kappa shape index (κ3) is 9.04. The van der Waals surface area contributed by atoms with Crippen molar-refractivity contribution < 1.29 is 53.4 Å². The number of halogens is 10. The van der Waals surface area contributed by atoms with Gasteiger partial charge in [-0.1, -0.05) is 177 Å². The van der Waals surface area contributed by atoms with Crippen LogP contribution in [0.4, 0.5) is 61.0 Å². The van der Waals surface area contributed by atoms with E-state index in [1.807, 2.05) is 42.5 Å². The maximum absolute atomic E-state index is 17.3. The second-order valence-corrected chi connectivity index (χ2v) is 22.0. The van der Waals surface area contributed by atoms with Gasteiger partial charge in [-0.05, 0) is 163 Å². The number of benzene rings is 12. The van der Waals surface area contributed by atoms with Crippen LogP contribution in [0.2, 0.25) is 0 Å². The van der Waals surface area contributed by atoms with Crippen molar-refractivity contribution in [1.82, 2.24) is 0 Å². The van der Waals surface area contributed by atoms with E-state index in [9.17, 15) is 0 Å². The lowest BCUT2D eigenvalue weighted by Gasteiger charge is -2.36. The molecule has 0 radical (unpaired) electrons. The molecule has 0 heterocycles. The van der Waals surface area contributed by atoms with Crippen LogP contribution in [0.5, 0.6) is 23.0 Å². The molecule has 91 heavy (non-hydrogen) atoms. The van der Waals surface area contributed by atoms with Gasteiger partial charge in [0.2, 0.25) is 11.6 Å². The summed E-state index contributed by atoms with van der Waals surface area (Å²) in [4.78, 5) is 1.72. The highest BCUT2D eigenvalue weighted by atomic mass is 19.2. The Hall–Kier alpha value is -11.2. The first-order chi connectivity index (χ1) is 44.2. The van der Waals surface area contributed by atoms with Gasteiger partial charge >= 0.3 is 0 Å². The summed E-state index contributed by atoms with van der Waals surface area (Å²) in [6.45, 7) is 7.58. The molecule has 444 valence electrons. The molecule has 0 aliphatic heterocycles. The second kappa shape index (κ2) is 22.4. The Morgan fingerprint density at radius 1 is 0.286 bits per heavy atom. The molecule has 12 aromatic carbocycles. The standard InChI is InChI=1S/C78H45F10NO2/c1-3-44-18-32-53(33-19-44)90-55-36-24-48(25-37-55)77(65-67(79)71(83)75(87)72(84)68(65)80)61-16-10-8-14-57(61)59-40-30-51(42-63(59)77)89(50-28-22-47(23-29-50)46-12-6-5-7-13-46)52-31-41-60-58-15-9-11-17-62(58)78(64(60)43-52,66-69(81)73(85)76(88)74(86)70(66)82)49-26-38-56(39-27-49)91-54-34-20-45(4-2)21-35-54/h3-43H,1-2H2. The molecule has 0 N–H and O–H groups in total.